The van der Waals surface area contributed by atoms with Gasteiger partial charge in [-0.3, -0.25) is 4.90 Å². The molecule has 0 saturated carbocycles. The largest absolute Gasteiger partial charge is 0.312 e. The Morgan fingerprint density at radius 1 is 1.32 bits per heavy atom. The molecule has 19 heavy (non-hydrogen) atoms. The zero-order valence-electron chi connectivity index (χ0n) is 11.2. The molecule has 0 unspecified atom stereocenters. The highest BCUT2D eigenvalue weighted by molar-refractivity contribution is 5.28. The van der Waals surface area contributed by atoms with E-state index >= 15 is 0 Å². The molecule has 2 aromatic rings. The maximum Gasteiger partial charge on any atom is 0.0971 e. The molecule has 1 aromatic carbocycles. The Kier molecular flexibility index (Phi) is 3.57. The number of para-hydroxylation sites is 1. The van der Waals surface area contributed by atoms with Crippen LogP contribution in [0.5, 0.6) is 0 Å². The lowest BCUT2D eigenvalue weighted by Crippen LogP contribution is -2.48. The van der Waals surface area contributed by atoms with Crippen LogP contribution in [0.4, 0.5) is 0 Å². The van der Waals surface area contributed by atoms with Crippen LogP contribution in [-0.4, -0.2) is 45.6 Å². The molecule has 0 spiro atoms. The normalized spacial score (nSPS) is 20.6. The first-order valence-electron chi connectivity index (χ1n) is 6.73. The lowest BCUT2D eigenvalue weighted by atomic mass is 10.2. The number of hydrogen-bond donors (Lipinski definition) is 1. The van der Waals surface area contributed by atoms with Crippen molar-refractivity contribution in [2.45, 2.75) is 19.5 Å². The van der Waals surface area contributed by atoms with Crippen molar-refractivity contribution in [1.82, 2.24) is 25.2 Å². The van der Waals surface area contributed by atoms with Gasteiger partial charge in [-0.2, -0.15) is 15.0 Å². The van der Waals surface area contributed by atoms with E-state index in [4.69, 9.17) is 0 Å². The summed E-state index contributed by atoms with van der Waals surface area (Å²) in [6.45, 7) is 6.28. The third-order valence-corrected chi connectivity index (χ3v) is 3.36. The molecular formula is C14H19N5. The first-order chi connectivity index (χ1) is 9.31. The van der Waals surface area contributed by atoms with Gasteiger partial charge in [0.2, 0.25) is 0 Å². The summed E-state index contributed by atoms with van der Waals surface area (Å²) in [7, 11) is 0. The summed E-state index contributed by atoms with van der Waals surface area (Å²) in [5.41, 5.74) is 2.03. The second-order valence-electron chi connectivity index (χ2n) is 5.05. The van der Waals surface area contributed by atoms with Gasteiger partial charge in [0.15, 0.2) is 0 Å². The number of aromatic nitrogens is 3. The summed E-state index contributed by atoms with van der Waals surface area (Å²) >= 11 is 0. The topological polar surface area (TPSA) is 46.0 Å². The van der Waals surface area contributed by atoms with Crippen molar-refractivity contribution in [3.05, 3.63) is 42.2 Å². The van der Waals surface area contributed by atoms with E-state index in [2.05, 4.69) is 27.3 Å². The lowest BCUT2D eigenvalue weighted by molar-refractivity contribution is 0.197. The molecule has 1 fully saturated rings. The Morgan fingerprint density at radius 3 is 2.95 bits per heavy atom. The summed E-state index contributed by atoms with van der Waals surface area (Å²) in [5.74, 6) is 0. The van der Waals surface area contributed by atoms with Crippen LogP contribution in [0.3, 0.4) is 0 Å². The van der Waals surface area contributed by atoms with Crippen molar-refractivity contribution in [3.63, 3.8) is 0 Å². The molecule has 0 amide bonds. The van der Waals surface area contributed by atoms with Crippen molar-refractivity contribution >= 4 is 0 Å². The summed E-state index contributed by atoms with van der Waals surface area (Å²) in [5, 5.41) is 12.3. The van der Waals surface area contributed by atoms with Gasteiger partial charge in [0.25, 0.3) is 0 Å². The zero-order chi connectivity index (χ0) is 13.1. The molecule has 1 aromatic heterocycles. The summed E-state index contributed by atoms with van der Waals surface area (Å²) in [4.78, 5) is 4.11. The van der Waals surface area contributed by atoms with Gasteiger partial charge in [0.1, 0.15) is 0 Å². The molecular weight excluding hydrogens is 238 g/mol. The zero-order valence-corrected chi connectivity index (χ0v) is 11.2. The van der Waals surface area contributed by atoms with Crippen molar-refractivity contribution in [2.75, 3.05) is 19.6 Å². The summed E-state index contributed by atoms with van der Waals surface area (Å²) < 4.78 is 0. The number of piperazine rings is 1. The lowest BCUT2D eigenvalue weighted by Gasteiger charge is -2.31. The summed E-state index contributed by atoms with van der Waals surface area (Å²) in [6.07, 6.45) is 1.86. The predicted molar refractivity (Wildman–Crippen MR) is 74.1 cm³/mol. The second-order valence-corrected chi connectivity index (χ2v) is 5.05. The van der Waals surface area contributed by atoms with E-state index in [0.717, 1.165) is 37.6 Å². The van der Waals surface area contributed by atoms with Gasteiger partial charge in [-0.05, 0) is 19.1 Å². The van der Waals surface area contributed by atoms with Crippen molar-refractivity contribution in [1.29, 1.82) is 0 Å². The van der Waals surface area contributed by atoms with Crippen molar-refractivity contribution < 1.29 is 0 Å². The molecule has 1 aliphatic rings. The van der Waals surface area contributed by atoms with E-state index in [9.17, 15) is 0 Å². The van der Waals surface area contributed by atoms with Gasteiger partial charge in [0.05, 0.1) is 17.6 Å². The molecule has 3 rings (SSSR count). The van der Waals surface area contributed by atoms with Gasteiger partial charge in [-0.1, -0.05) is 18.2 Å². The Balaban J connectivity index is 1.68. The predicted octanol–water partition coefficient (Wildman–Crippen LogP) is 1.06. The van der Waals surface area contributed by atoms with Crippen LogP contribution in [-0.2, 0) is 6.54 Å². The number of hydrogen-bond acceptors (Lipinski definition) is 4. The first-order valence-corrected chi connectivity index (χ1v) is 6.73. The molecule has 100 valence electrons. The molecule has 0 aliphatic carbocycles. The minimum Gasteiger partial charge on any atom is -0.312 e. The summed E-state index contributed by atoms with van der Waals surface area (Å²) in [6, 6.07) is 10.6. The van der Waals surface area contributed by atoms with E-state index < -0.39 is 0 Å². The Bertz CT molecular complexity index is 522. The van der Waals surface area contributed by atoms with Crippen molar-refractivity contribution in [2.24, 2.45) is 0 Å². The van der Waals surface area contributed by atoms with Gasteiger partial charge in [-0.15, -0.1) is 0 Å². The molecule has 5 heteroatoms. The number of rotatable bonds is 3. The van der Waals surface area contributed by atoms with Gasteiger partial charge < -0.3 is 5.32 Å². The van der Waals surface area contributed by atoms with Crippen LogP contribution in [0.25, 0.3) is 5.69 Å². The molecule has 2 heterocycles. The highest BCUT2D eigenvalue weighted by atomic mass is 15.5. The number of nitrogens with zero attached hydrogens (tertiary/aromatic N) is 4. The van der Waals surface area contributed by atoms with Crippen LogP contribution in [0.15, 0.2) is 36.5 Å². The maximum absolute atomic E-state index is 4.54. The van der Waals surface area contributed by atoms with Crippen LogP contribution in [0, 0.1) is 0 Å². The van der Waals surface area contributed by atoms with Crippen LogP contribution in [0.2, 0.25) is 0 Å². The fourth-order valence-corrected chi connectivity index (χ4v) is 2.44. The van der Waals surface area contributed by atoms with Crippen molar-refractivity contribution in [3.8, 4) is 5.69 Å². The average Bonchev–Trinajstić information content (AvgIpc) is 2.88. The average molecular weight is 257 g/mol. The third kappa shape index (κ3) is 3.00. The minimum absolute atomic E-state index is 0.554. The number of nitrogens with one attached hydrogen (secondary N) is 1. The van der Waals surface area contributed by atoms with Gasteiger partial charge in [-0.25, -0.2) is 0 Å². The SMILES string of the molecule is C[C@H]1CN(Cc2cnn(-c3ccccc3)n2)CCN1. The van der Waals surface area contributed by atoms with Crippen LogP contribution in [0.1, 0.15) is 12.6 Å². The standard InChI is InChI=1S/C14H19N5/c1-12-10-18(8-7-15-12)11-13-9-16-19(17-13)14-5-3-2-4-6-14/h2-6,9,12,15H,7-8,10-11H2,1H3/t12-/m0/s1. The Hall–Kier alpha value is -1.72. The third-order valence-electron chi connectivity index (χ3n) is 3.36. The molecule has 5 nitrogen and oxygen atoms in total. The fourth-order valence-electron chi connectivity index (χ4n) is 2.44. The molecule has 0 bridgehead atoms. The van der Waals surface area contributed by atoms with E-state index in [1.165, 1.54) is 0 Å². The quantitative estimate of drug-likeness (QED) is 0.893. The first kappa shape index (κ1) is 12.3. The number of benzene rings is 1. The molecule has 1 atom stereocenters. The Morgan fingerprint density at radius 2 is 2.16 bits per heavy atom. The van der Waals surface area contributed by atoms with Crippen LogP contribution >= 0.6 is 0 Å². The highest BCUT2D eigenvalue weighted by Crippen LogP contribution is 2.07. The van der Waals surface area contributed by atoms with Gasteiger partial charge >= 0.3 is 0 Å². The highest BCUT2D eigenvalue weighted by Gasteiger charge is 2.16. The monoisotopic (exact) mass is 257 g/mol. The van der Waals surface area contributed by atoms with E-state index in [1.54, 1.807) is 4.80 Å². The molecule has 1 aliphatic heterocycles. The Labute approximate surface area is 113 Å². The molecule has 1 N–H and O–H groups in total. The fraction of sp³-hybridized carbons (Fsp3) is 0.429. The van der Waals surface area contributed by atoms with E-state index in [1.807, 2.05) is 36.5 Å². The van der Waals surface area contributed by atoms with Gasteiger partial charge in [0, 0.05) is 32.2 Å². The smallest absolute Gasteiger partial charge is 0.0971 e. The maximum atomic E-state index is 4.54. The minimum atomic E-state index is 0.554. The second kappa shape index (κ2) is 5.50. The molecule has 0 radical (unpaired) electrons. The van der Waals surface area contributed by atoms with E-state index in [0.29, 0.717) is 6.04 Å². The molecule has 1 saturated heterocycles. The van der Waals surface area contributed by atoms with Crippen LogP contribution < -0.4 is 5.32 Å². The van der Waals surface area contributed by atoms with E-state index in [-0.39, 0.29) is 0 Å².